The molecule has 0 saturated heterocycles. The molecule has 3 nitrogen and oxygen atoms in total. The molecule has 0 atom stereocenters. The van der Waals surface area contributed by atoms with Crippen molar-refractivity contribution in [1.29, 1.82) is 0 Å². The van der Waals surface area contributed by atoms with Crippen LogP contribution in [-0.2, 0) is 10.2 Å². The van der Waals surface area contributed by atoms with Gasteiger partial charge >= 0.3 is 5.97 Å². The van der Waals surface area contributed by atoms with Crippen LogP contribution in [-0.4, -0.2) is 17.7 Å². The minimum absolute atomic E-state index is 0.568. The molecule has 102 valence electrons. The number of carbonyl (C=O) groups is 1. The van der Waals surface area contributed by atoms with Crippen LogP contribution in [0, 0.1) is 5.92 Å². The highest BCUT2D eigenvalue weighted by Crippen LogP contribution is 2.52. The van der Waals surface area contributed by atoms with Crippen LogP contribution in [0.25, 0.3) is 0 Å². The van der Waals surface area contributed by atoms with Crippen molar-refractivity contribution in [2.75, 3.05) is 6.61 Å². The first-order chi connectivity index (χ1) is 9.12. The van der Waals surface area contributed by atoms with Crippen LogP contribution in [0.3, 0.4) is 0 Å². The standard InChI is InChI=1S/C15H17ClO3/c16-11-4-5-13(19-9-10-2-1-3-10)12(8-11)15(6-7-15)14(17)18/h4-5,8,10H,1-3,6-7,9H2,(H,17,18). The van der Waals surface area contributed by atoms with Gasteiger partial charge in [0, 0.05) is 10.6 Å². The van der Waals surface area contributed by atoms with E-state index < -0.39 is 11.4 Å². The number of halogens is 1. The van der Waals surface area contributed by atoms with Crippen LogP contribution < -0.4 is 4.74 Å². The molecule has 0 heterocycles. The maximum absolute atomic E-state index is 11.5. The van der Waals surface area contributed by atoms with Gasteiger partial charge in [0.05, 0.1) is 12.0 Å². The Labute approximate surface area is 117 Å². The van der Waals surface area contributed by atoms with Gasteiger partial charge in [0.2, 0.25) is 0 Å². The Morgan fingerprint density at radius 3 is 2.68 bits per heavy atom. The van der Waals surface area contributed by atoms with Crippen LogP contribution >= 0.6 is 11.6 Å². The average molecular weight is 281 g/mol. The number of hydrogen-bond donors (Lipinski definition) is 1. The lowest BCUT2D eigenvalue weighted by Gasteiger charge is -2.26. The zero-order valence-electron chi connectivity index (χ0n) is 10.7. The highest BCUT2D eigenvalue weighted by atomic mass is 35.5. The summed E-state index contributed by atoms with van der Waals surface area (Å²) in [5.74, 6) is 0.544. The lowest BCUT2D eigenvalue weighted by Crippen LogP contribution is -2.23. The van der Waals surface area contributed by atoms with E-state index in [0.29, 0.717) is 36.1 Å². The maximum atomic E-state index is 11.5. The van der Waals surface area contributed by atoms with E-state index in [0.717, 1.165) is 5.56 Å². The predicted molar refractivity (Wildman–Crippen MR) is 72.8 cm³/mol. The quantitative estimate of drug-likeness (QED) is 0.896. The van der Waals surface area contributed by atoms with E-state index in [1.54, 1.807) is 18.2 Å². The Morgan fingerprint density at radius 2 is 2.16 bits per heavy atom. The number of aliphatic carboxylic acids is 1. The lowest BCUT2D eigenvalue weighted by molar-refractivity contribution is -0.140. The molecule has 19 heavy (non-hydrogen) atoms. The van der Waals surface area contributed by atoms with E-state index in [1.807, 2.05) is 0 Å². The number of carboxylic acid groups (broad SMARTS) is 1. The molecule has 0 radical (unpaired) electrons. The van der Waals surface area contributed by atoms with Crippen molar-refractivity contribution in [3.63, 3.8) is 0 Å². The summed E-state index contributed by atoms with van der Waals surface area (Å²) in [6, 6.07) is 5.32. The number of ether oxygens (including phenoxy) is 1. The van der Waals surface area contributed by atoms with E-state index >= 15 is 0 Å². The van der Waals surface area contributed by atoms with Crippen LogP contribution in [0.5, 0.6) is 5.75 Å². The molecule has 2 saturated carbocycles. The predicted octanol–water partition coefficient (Wildman–Crippen LogP) is 3.64. The van der Waals surface area contributed by atoms with E-state index in [-0.39, 0.29) is 0 Å². The minimum atomic E-state index is -0.775. The summed E-state index contributed by atoms with van der Waals surface area (Å²) < 4.78 is 5.85. The van der Waals surface area contributed by atoms with Crippen molar-refractivity contribution in [2.45, 2.75) is 37.5 Å². The van der Waals surface area contributed by atoms with Crippen molar-refractivity contribution in [3.8, 4) is 5.75 Å². The first-order valence-electron chi connectivity index (χ1n) is 6.78. The van der Waals surface area contributed by atoms with Crippen LogP contribution in [0.4, 0.5) is 0 Å². The molecule has 1 aromatic carbocycles. The first-order valence-corrected chi connectivity index (χ1v) is 7.16. The monoisotopic (exact) mass is 280 g/mol. The highest BCUT2D eigenvalue weighted by Gasteiger charge is 2.53. The second-order valence-electron chi connectivity index (χ2n) is 5.64. The summed E-state index contributed by atoms with van der Waals surface area (Å²) in [6.45, 7) is 0.685. The Balaban J connectivity index is 1.84. The molecule has 0 amide bonds. The molecule has 3 rings (SSSR count). The Hall–Kier alpha value is -1.22. The maximum Gasteiger partial charge on any atom is 0.314 e. The van der Waals surface area contributed by atoms with E-state index in [9.17, 15) is 9.90 Å². The van der Waals surface area contributed by atoms with E-state index in [2.05, 4.69) is 0 Å². The third-order valence-electron chi connectivity index (χ3n) is 4.32. The molecule has 0 unspecified atom stereocenters. The van der Waals surface area contributed by atoms with Gasteiger partial charge in [-0.15, -0.1) is 0 Å². The molecular weight excluding hydrogens is 264 g/mol. The first kappa shape index (κ1) is 12.8. The zero-order valence-corrected chi connectivity index (χ0v) is 11.4. The second kappa shape index (κ2) is 4.71. The summed E-state index contributed by atoms with van der Waals surface area (Å²) >= 11 is 6.01. The normalized spacial score (nSPS) is 20.7. The fraction of sp³-hybridized carbons (Fsp3) is 0.533. The van der Waals surface area contributed by atoms with Gasteiger partial charge in [-0.2, -0.15) is 0 Å². The smallest absolute Gasteiger partial charge is 0.314 e. The molecule has 2 fully saturated rings. The molecule has 4 heteroatoms. The summed E-state index contributed by atoms with van der Waals surface area (Å²) in [4.78, 5) is 11.5. The minimum Gasteiger partial charge on any atom is -0.493 e. The number of rotatable bonds is 5. The SMILES string of the molecule is O=C(O)C1(c2cc(Cl)ccc2OCC2CCC2)CC1. The van der Waals surface area contributed by atoms with Crippen molar-refractivity contribution in [3.05, 3.63) is 28.8 Å². The number of benzene rings is 1. The van der Waals surface area contributed by atoms with E-state index in [1.165, 1.54) is 19.3 Å². The Kier molecular flexibility index (Phi) is 3.17. The van der Waals surface area contributed by atoms with Crippen LogP contribution in [0.15, 0.2) is 18.2 Å². The summed E-state index contributed by atoms with van der Waals surface area (Å²) in [7, 11) is 0. The molecule has 2 aliphatic rings. The lowest BCUT2D eigenvalue weighted by atomic mass is 9.86. The van der Waals surface area contributed by atoms with E-state index in [4.69, 9.17) is 16.3 Å². The second-order valence-corrected chi connectivity index (χ2v) is 6.07. The van der Waals surface area contributed by atoms with Gasteiger partial charge in [-0.05, 0) is 49.8 Å². The number of hydrogen-bond acceptors (Lipinski definition) is 2. The van der Waals surface area contributed by atoms with Crippen LogP contribution in [0.1, 0.15) is 37.7 Å². The van der Waals surface area contributed by atoms with Crippen LogP contribution in [0.2, 0.25) is 5.02 Å². The molecule has 1 aromatic rings. The van der Waals surface area contributed by atoms with Crippen molar-refractivity contribution < 1.29 is 14.6 Å². The van der Waals surface area contributed by atoms with Gasteiger partial charge in [-0.25, -0.2) is 0 Å². The fourth-order valence-electron chi connectivity index (χ4n) is 2.59. The summed E-state index contributed by atoms with van der Waals surface area (Å²) in [5.41, 5.74) is -0.0216. The highest BCUT2D eigenvalue weighted by molar-refractivity contribution is 6.30. The number of carboxylic acids is 1. The van der Waals surface area contributed by atoms with Crippen molar-refractivity contribution in [2.24, 2.45) is 5.92 Å². The molecule has 0 bridgehead atoms. The van der Waals surface area contributed by atoms with Gasteiger partial charge < -0.3 is 9.84 Å². The molecule has 1 N–H and O–H groups in total. The fourth-order valence-corrected chi connectivity index (χ4v) is 2.76. The van der Waals surface area contributed by atoms with Gasteiger partial charge in [0.1, 0.15) is 5.75 Å². The van der Waals surface area contributed by atoms with Gasteiger partial charge in [-0.3, -0.25) is 4.79 Å². The topological polar surface area (TPSA) is 46.5 Å². The largest absolute Gasteiger partial charge is 0.493 e. The van der Waals surface area contributed by atoms with Gasteiger partial charge in [-0.1, -0.05) is 18.0 Å². The third-order valence-corrected chi connectivity index (χ3v) is 4.55. The zero-order chi connectivity index (χ0) is 13.5. The average Bonchev–Trinajstić information content (AvgIpc) is 3.10. The van der Waals surface area contributed by atoms with Gasteiger partial charge in [0.25, 0.3) is 0 Å². The van der Waals surface area contributed by atoms with Crippen molar-refractivity contribution >= 4 is 17.6 Å². The Bertz CT molecular complexity index is 504. The van der Waals surface area contributed by atoms with Gasteiger partial charge in [0.15, 0.2) is 0 Å². The van der Waals surface area contributed by atoms with Crippen molar-refractivity contribution in [1.82, 2.24) is 0 Å². The molecule has 2 aliphatic carbocycles. The molecular formula is C15H17ClO3. The molecule has 0 spiro atoms. The Morgan fingerprint density at radius 1 is 1.42 bits per heavy atom. The molecule has 0 aromatic heterocycles. The molecule has 0 aliphatic heterocycles. The summed E-state index contributed by atoms with van der Waals surface area (Å²) in [6.07, 6.45) is 5.05. The third kappa shape index (κ3) is 2.32. The summed E-state index contributed by atoms with van der Waals surface area (Å²) in [5, 5.41) is 9.98.